The molecule has 6 heteroatoms. The van der Waals surface area contributed by atoms with Crippen molar-refractivity contribution in [3.63, 3.8) is 0 Å². The SMILES string of the molecule is Cc1cccc(OCC(=O)N2CCCN(C(=O)Cc3ccn(C)c3)CC2)c1. The molecule has 3 rings (SSSR count). The molecule has 0 radical (unpaired) electrons. The van der Waals surface area contributed by atoms with Gasteiger partial charge >= 0.3 is 0 Å². The van der Waals surface area contributed by atoms with Crippen LogP contribution < -0.4 is 4.74 Å². The quantitative estimate of drug-likeness (QED) is 0.810. The Labute approximate surface area is 160 Å². The molecule has 1 aliphatic rings. The van der Waals surface area contributed by atoms with E-state index in [4.69, 9.17) is 4.74 Å². The molecule has 6 nitrogen and oxygen atoms in total. The van der Waals surface area contributed by atoms with Crippen molar-refractivity contribution in [2.24, 2.45) is 7.05 Å². The lowest BCUT2D eigenvalue weighted by molar-refractivity contribution is -0.134. The summed E-state index contributed by atoms with van der Waals surface area (Å²) in [6, 6.07) is 9.64. The Balaban J connectivity index is 1.48. The number of nitrogens with zero attached hydrogens (tertiary/aromatic N) is 3. The molecule has 1 fully saturated rings. The zero-order valence-corrected chi connectivity index (χ0v) is 16.1. The standard InChI is InChI=1S/C21H27N3O3/c1-17-5-3-6-19(13-17)27-16-21(26)24-9-4-8-23(11-12-24)20(25)14-18-7-10-22(2)15-18/h3,5-7,10,13,15H,4,8-9,11-12,14,16H2,1-2H3. The van der Waals surface area contributed by atoms with E-state index < -0.39 is 0 Å². The normalized spacial score (nSPS) is 14.7. The van der Waals surface area contributed by atoms with Gasteiger partial charge in [-0.15, -0.1) is 0 Å². The van der Waals surface area contributed by atoms with Gasteiger partial charge in [-0.1, -0.05) is 12.1 Å². The van der Waals surface area contributed by atoms with Crippen molar-refractivity contribution < 1.29 is 14.3 Å². The van der Waals surface area contributed by atoms with Crippen LogP contribution in [0, 0.1) is 6.92 Å². The maximum absolute atomic E-state index is 12.5. The van der Waals surface area contributed by atoms with Gasteiger partial charge in [0, 0.05) is 45.6 Å². The number of carbonyl (C=O) groups excluding carboxylic acids is 2. The smallest absolute Gasteiger partial charge is 0.260 e. The van der Waals surface area contributed by atoms with E-state index in [2.05, 4.69) is 0 Å². The van der Waals surface area contributed by atoms with E-state index in [1.54, 1.807) is 4.90 Å². The molecular formula is C21H27N3O3. The van der Waals surface area contributed by atoms with Crippen molar-refractivity contribution >= 4 is 11.8 Å². The Morgan fingerprint density at radius 3 is 2.44 bits per heavy atom. The summed E-state index contributed by atoms with van der Waals surface area (Å²) < 4.78 is 7.57. The molecule has 0 spiro atoms. The molecular weight excluding hydrogens is 342 g/mol. The van der Waals surface area contributed by atoms with Crippen molar-refractivity contribution in [1.29, 1.82) is 0 Å². The average molecular weight is 369 g/mol. The Bertz CT molecular complexity index is 799. The van der Waals surface area contributed by atoms with Crippen LogP contribution in [0.1, 0.15) is 17.5 Å². The highest BCUT2D eigenvalue weighted by molar-refractivity contribution is 5.80. The number of amides is 2. The minimum Gasteiger partial charge on any atom is -0.484 e. The highest BCUT2D eigenvalue weighted by atomic mass is 16.5. The maximum Gasteiger partial charge on any atom is 0.260 e. The molecule has 0 saturated carbocycles. The lowest BCUT2D eigenvalue weighted by atomic mass is 10.2. The first-order valence-electron chi connectivity index (χ1n) is 9.37. The van der Waals surface area contributed by atoms with Crippen LogP contribution >= 0.6 is 0 Å². The number of hydrogen-bond donors (Lipinski definition) is 0. The molecule has 144 valence electrons. The molecule has 0 N–H and O–H groups in total. The average Bonchev–Trinajstić information content (AvgIpc) is 2.91. The van der Waals surface area contributed by atoms with Crippen molar-refractivity contribution in [2.45, 2.75) is 19.8 Å². The summed E-state index contributed by atoms with van der Waals surface area (Å²) in [5, 5.41) is 0. The van der Waals surface area contributed by atoms with Crippen LogP contribution in [0.25, 0.3) is 0 Å². The fourth-order valence-electron chi connectivity index (χ4n) is 3.31. The fourth-order valence-corrected chi connectivity index (χ4v) is 3.31. The van der Waals surface area contributed by atoms with Gasteiger partial charge in [-0.25, -0.2) is 0 Å². The van der Waals surface area contributed by atoms with E-state index >= 15 is 0 Å². The topological polar surface area (TPSA) is 54.8 Å². The minimum atomic E-state index is -0.0335. The number of rotatable bonds is 5. The summed E-state index contributed by atoms with van der Waals surface area (Å²) >= 11 is 0. The molecule has 2 heterocycles. The summed E-state index contributed by atoms with van der Waals surface area (Å²) in [5.41, 5.74) is 2.12. The van der Waals surface area contributed by atoms with Gasteiger partial charge in [0.05, 0.1) is 6.42 Å². The number of aryl methyl sites for hydroxylation is 2. The summed E-state index contributed by atoms with van der Waals surface area (Å²) in [4.78, 5) is 28.7. The summed E-state index contributed by atoms with van der Waals surface area (Å²) in [7, 11) is 1.95. The Morgan fingerprint density at radius 1 is 1.04 bits per heavy atom. The molecule has 2 amide bonds. The third kappa shape index (κ3) is 5.36. The summed E-state index contributed by atoms with van der Waals surface area (Å²) in [6.07, 6.45) is 5.11. The highest BCUT2D eigenvalue weighted by Crippen LogP contribution is 2.13. The first kappa shape index (κ1) is 19.0. The molecule has 0 bridgehead atoms. The number of aromatic nitrogens is 1. The predicted octanol–water partition coefficient (Wildman–Crippen LogP) is 2.02. The van der Waals surface area contributed by atoms with Gasteiger partial charge in [-0.05, 0) is 42.7 Å². The first-order valence-corrected chi connectivity index (χ1v) is 9.37. The molecule has 1 aromatic heterocycles. The zero-order chi connectivity index (χ0) is 19.2. The van der Waals surface area contributed by atoms with Gasteiger partial charge in [0.2, 0.25) is 5.91 Å². The van der Waals surface area contributed by atoms with Crippen molar-refractivity contribution in [1.82, 2.24) is 14.4 Å². The van der Waals surface area contributed by atoms with Crippen LogP contribution in [-0.4, -0.2) is 59.0 Å². The molecule has 27 heavy (non-hydrogen) atoms. The van der Waals surface area contributed by atoms with Gasteiger partial charge in [0.25, 0.3) is 5.91 Å². The predicted molar refractivity (Wildman–Crippen MR) is 104 cm³/mol. The highest BCUT2D eigenvalue weighted by Gasteiger charge is 2.22. The number of ether oxygens (including phenoxy) is 1. The van der Waals surface area contributed by atoms with Crippen LogP contribution in [0.5, 0.6) is 5.75 Å². The molecule has 1 aliphatic heterocycles. The summed E-state index contributed by atoms with van der Waals surface area (Å²) in [5.74, 6) is 0.790. The van der Waals surface area contributed by atoms with Crippen LogP contribution in [-0.2, 0) is 23.1 Å². The second-order valence-corrected chi connectivity index (χ2v) is 7.08. The second-order valence-electron chi connectivity index (χ2n) is 7.08. The molecule has 0 unspecified atom stereocenters. The zero-order valence-electron chi connectivity index (χ0n) is 16.1. The summed E-state index contributed by atoms with van der Waals surface area (Å²) in [6.45, 7) is 4.49. The Kier molecular flexibility index (Phi) is 6.16. The number of carbonyl (C=O) groups is 2. The van der Waals surface area contributed by atoms with E-state index in [0.29, 0.717) is 38.3 Å². The van der Waals surface area contributed by atoms with Crippen molar-refractivity contribution in [3.05, 3.63) is 53.9 Å². The van der Waals surface area contributed by atoms with Gasteiger partial charge in [-0.2, -0.15) is 0 Å². The first-order chi connectivity index (χ1) is 13.0. The van der Waals surface area contributed by atoms with E-state index in [1.165, 1.54) is 0 Å². The number of benzene rings is 1. The lowest BCUT2D eigenvalue weighted by Crippen LogP contribution is -2.39. The maximum atomic E-state index is 12.5. The molecule has 1 aromatic carbocycles. The van der Waals surface area contributed by atoms with Crippen LogP contribution in [0.3, 0.4) is 0 Å². The van der Waals surface area contributed by atoms with Gasteiger partial charge in [0.1, 0.15) is 5.75 Å². The van der Waals surface area contributed by atoms with Crippen molar-refractivity contribution in [3.8, 4) is 5.75 Å². The van der Waals surface area contributed by atoms with Gasteiger partial charge in [-0.3, -0.25) is 9.59 Å². The van der Waals surface area contributed by atoms with Gasteiger partial charge < -0.3 is 19.1 Å². The molecule has 0 aliphatic carbocycles. The molecule has 2 aromatic rings. The Hall–Kier alpha value is -2.76. The van der Waals surface area contributed by atoms with E-state index in [-0.39, 0.29) is 18.4 Å². The lowest BCUT2D eigenvalue weighted by Gasteiger charge is -2.22. The van der Waals surface area contributed by atoms with Crippen molar-refractivity contribution in [2.75, 3.05) is 32.8 Å². The third-order valence-corrected chi connectivity index (χ3v) is 4.80. The third-order valence-electron chi connectivity index (χ3n) is 4.80. The minimum absolute atomic E-state index is 0.0292. The van der Waals surface area contributed by atoms with E-state index in [1.807, 2.05) is 66.2 Å². The van der Waals surface area contributed by atoms with Crippen LogP contribution in [0.2, 0.25) is 0 Å². The number of hydrogen-bond acceptors (Lipinski definition) is 3. The second kappa shape index (κ2) is 8.75. The fraction of sp³-hybridized carbons (Fsp3) is 0.429. The van der Waals surface area contributed by atoms with E-state index in [9.17, 15) is 9.59 Å². The van der Waals surface area contributed by atoms with Crippen LogP contribution in [0.15, 0.2) is 42.7 Å². The van der Waals surface area contributed by atoms with Crippen LogP contribution in [0.4, 0.5) is 0 Å². The monoisotopic (exact) mass is 369 g/mol. The molecule has 0 atom stereocenters. The van der Waals surface area contributed by atoms with E-state index in [0.717, 1.165) is 17.5 Å². The Morgan fingerprint density at radius 2 is 1.78 bits per heavy atom. The largest absolute Gasteiger partial charge is 0.484 e. The molecule has 1 saturated heterocycles. The van der Waals surface area contributed by atoms with Gasteiger partial charge in [0.15, 0.2) is 6.61 Å².